The molecule has 0 aliphatic heterocycles. The summed E-state index contributed by atoms with van der Waals surface area (Å²) in [6, 6.07) is 0. The topological polar surface area (TPSA) is 78.9 Å². The molecule has 0 radical (unpaired) electrons. The van der Waals surface area contributed by atoms with Crippen LogP contribution in [0.1, 0.15) is 284 Å². The van der Waals surface area contributed by atoms with Gasteiger partial charge in [0.1, 0.15) is 13.2 Å². The van der Waals surface area contributed by atoms with Gasteiger partial charge in [-0.3, -0.25) is 14.4 Å². The molecule has 0 aromatic rings. The number of esters is 3. The Morgan fingerprint density at radius 1 is 0.294 bits per heavy atom. The van der Waals surface area contributed by atoms with E-state index in [1.165, 1.54) is 135 Å². The van der Waals surface area contributed by atoms with Crippen molar-refractivity contribution in [3.63, 3.8) is 0 Å². The highest BCUT2D eigenvalue weighted by molar-refractivity contribution is 5.71. The smallest absolute Gasteiger partial charge is 0.306 e. The Hall–Kier alpha value is -3.15. The van der Waals surface area contributed by atoms with Crippen molar-refractivity contribution in [2.45, 2.75) is 290 Å². The predicted octanol–water partition coefficient (Wildman–Crippen LogP) is 19.4. The van der Waals surface area contributed by atoms with Crippen molar-refractivity contribution in [1.29, 1.82) is 0 Å². The highest BCUT2D eigenvalue weighted by Crippen LogP contribution is 2.15. The van der Waals surface area contributed by atoms with Crippen LogP contribution in [0.4, 0.5) is 0 Å². The van der Waals surface area contributed by atoms with E-state index in [0.717, 1.165) is 109 Å². The number of carbonyl (C=O) groups is 3. The van der Waals surface area contributed by atoms with Crippen LogP contribution in [-0.4, -0.2) is 37.2 Å². The molecule has 1 unspecified atom stereocenters. The number of carbonyl (C=O) groups excluding carboxylic acids is 3. The van der Waals surface area contributed by atoms with Crippen LogP contribution in [0, 0.1) is 0 Å². The third kappa shape index (κ3) is 53.8. The molecule has 0 amide bonds. The average Bonchev–Trinajstić information content (AvgIpc) is 3.34. The first kappa shape index (κ1) is 64.8. The summed E-state index contributed by atoms with van der Waals surface area (Å²) in [5.74, 6) is -0.932. The molecule has 392 valence electrons. The van der Waals surface area contributed by atoms with Crippen LogP contribution >= 0.6 is 0 Å². The number of ether oxygens (including phenoxy) is 3. The molecule has 0 aliphatic rings. The minimum atomic E-state index is -0.796. The van der Waals surface area contributed by atoms with E-state index >= 15 is 0 Å². The summed E-state index contributed by atoms with van der Waals surface area (Å²) in [6.07, 6.45) is 71.7. The van der Waals surface area contributed by atoms with E-state index in [1.807, 2.05) is 0 Å². The summed E-state index contributed by atoms with van der Waals surface area (Å²) in [5.41, 5.74) is 0. The van der Waals surface area contributed by atoms with Crippen LogP contribution < -0.4 is 0 Å². The predicted molar refractivity (Wildman–Crippen MR) is 293 cm³/mol. The van der Waals surface area contributed by atoms with Crippen molar-refractivity contribution in [1.82, 2.24) is 0 Å². The summed E-state index contributed by atoms with van der Waals surface area (Å²) in [5, 5.41) is 0. The van der Waals surface area contributed by atoms with Crippen molar-refractivity contribution in [3.8, 4) is 0 Å². The van der Waals surface area contributed by atoms with Crippen LogP contribution in [0.15, 0.2) is 72.9 Å². The van der Waals surface area contributed by atoms with Crippen molar-refractivity contribution in [3.05, 3.63) is 72.9 Å². The Morgan fingerprint density at radius 3 is 0.912 bits per heavy atom. The summed E-state index contributed by atoms with van der Waals surface area (Å²) in [4.78, 5) is 38.1. The first-order chi connectivity index (χ1) is 33.5. The second-order valence-corrected chi connectivity index (χ2v) is 19.3. The normalized spacial score (nSPS) is 12.6. The molecule has 0 aromatic carbocycles. The van der Waals surface area contributed by atoms with Gasteiger partial charge in [-0.05, 0) is 96.3 Å². The molecule has 0 heterocycles. The van der Waals surface area contributed by atoms with Crippen molar-refractivity contribution in [2.75, 3.05) is 13.2 Å². The zero-order valence-electron chi connectivity index (χ0n) is 44.9. The molecule has 0 saturated heterocycles. The molecular formula is C62H108O6. The molecular weight excluding hydrogens is 841 g/mol. The molecule has 0 aliphatic carbocycles. The van der Waals surface area contributed by atoms with E-state index in [9.17, 15) is 14.4 Å². The van der Waals surface area contributed by atoms with Crippen LogP contribution in [-0.2, 0) is 28.6 Å². The Labute approximate surface area is 421 Å². The third-order valence-corrected chi connectivity index (χ3v) is 12.5. The van der Waals surface area contributed by atoms with E-state index < -0.39 is 6.10 Å². The molecule has 68 heavy (non-hydrogen) atoms. The second kappa shape index (κ2) is 56.4. The summed E-state index contributed by atoms with van der Waals surface area (Å²) in [6.45, 7) is 6.58. The number of allylic oxidation sites excluding steroid dienone is 12. The van der Waals surface area contributed by atoms with Gasteiger partial charge in [0, 0.05) is 19.3 Å². The first-order valence-corrected chi connectivity index (χ1v) is 29.0. The fraction of sp³-hybridized carbons (Fsp3) is 0.758. The number of unbranched alkanes of at least 4 members (excludes halogenated alkanes) is 32. The molecule has 0 bridgehead atoms. The fourth-order valence-corrected chi connectivity index (χ4v) is 8.09. The third-order valence-electron chi connectivity index (χ3n) is 12.5. The molecule has 1 atom stereocenters. The van der Waals surface area contributed by atoms with E-state index in [0.29, 0.717) is 19.3 Å². The van der Waals surface area contributed by atoms with Gasteiger partial charge < -0.3 is 14.2 Å². The Balaban J connectivity index is 4.45. The standard InChI is InChI=1S/C62H108O6/c1-4-7-10-13-16-19-22-25-28-30-32-34-37-40-43-46-49-52-55-61(64)67-58-59(57-66-60(63)54-51-48-45-42-39-36-27-24-21-18-15-12-9-6-3)68-62(65)56-53-50-47-44-41-38-35-33-31-29-26-23-20-17-14-11-8-5-2/h16,19,22,25,28,30,32-36,39,59H,4-15,17-18,20-21,23-24,26-27,29,31,37-38,40-58H2,1-3H3/b19-16-,25-22-,30-28-,34-32-,35-33-,39-36-. The van der Waals surface area contributed by atoms with Gasteiger partial charge in [-0.1, -0.05) is 241 Å². The Morgan fingerprint density at radius 2 is 0.544 bits per heavy atom. The Bertz CT molecular complexity index is 1270. The lowest BCUT2D eigenvalue weighted by Gasteiger charge is -2.18. The van der Waals surface area contributed by atoms with Gasteiger partial charge in [0.2, 0.25) is 0 Å². The minimum Gasteiger partial charge on any atom is -0.462 e. The lowest BCUT2D eigenvalue weighted by molar-refractivity contribution is -0.167. The van der Waals surface area contributed by atoms with Gasteiger partial charge in [0.15, 0.2) is 6.10 Å². The van der Waals surface area contributed by atoms with Crippen LogP contribution in [0.3, 0.4) is 0 Å². The second-order valence-electron chi connectivity index (χ2n) is 19.3. The largest absolute Gasteiger partial charge is 0.462 e. The molecule has 0 fully saturated rings. The summed E-state index contributed by atoms with van der Waals surface area (Å²) < 4.78 is 16.8. The molecule has 6 heteroatoms. The van der Waals surface area contributed by atoms with Crippen LogP contribution in [0.25, 0.3) is 0 Å². The maximum atomic E-state index is 12.9. The van der Waals surface area contributed by atoms with Crippen molar-refractivity contribution >= 4 is 17.9 Å². The quantitative estimate of drug-likeness (QED) is 0.0199. The number of rotatable bonds is 52. The maximum Gasteiger partial charge on any atom is 0.306 e. The van der Waals surface area contributed by atoms with Crippen LogP contribution in [0.5, 0.6) is 0 Å². The van der Waals surface area contributed by atoms with E-state index in [1.54, 1.807) is 0 Å². The van der Waals surface area contributed by atoms with Crippen molar-refractivity contribution < 1.29 is 28.6 Å². The van der Waals surface area contributed by atoms with Crippen LogP contribution in [0.2, 0.25) is 0 Å². The highest BCUT2D eigenvalue weighted by atomic mass is 16.6. The molecule has 0 spiro atoms. The lowest BCUT2D eigenvalue weighted by Crippen LogP contribution is -2.30. The monoisotopic (exact) mass is 949 g/mol. The Kier molecular flexibility index (Phi) is 53.8. The van der Waals surface area contributed by atoms with E-state index in [-0.39, 0.29) is 31.1 Å². The molecule has 6 nitrogen and oxygen atoms in total. The summed E-state index contributed by atoms with van der Waals surface area (Å²) in [7, 11) is 0. The van der Waals surface area contributed by atoms with E-state index in [2.05, 4.69) is 93.7 Å². The van der Waals surface area contributed by atoms with Gasteiger partial charge in [0.25, 0.3) is 0 Å². The maximum absolute atomic E-state index is 12.9. The number of hydrogen-bond acceptors (Lipinski definition) is 6. The van der Waals surface area contributed by atoms with Gasteiger partial charge in [-0.15, -0.1) is 0 Å². The zero-order chi connectivity index (χ0) is 49.3. The van der Waals surface area contributed by atoms with Gasteiger partial charge >= 0.3 is 17.9 Å². The molecule has 0 aromatic heterocycles. The SMILES string of the molecule is CCCCC\C=C/C=C\C=C/C=C\CCCCCCCC(=O)OCC(COC(=O)CCCCC/C=C\CCCCCCCCC)OC(=O)CCCCCCC/C=C\CCCCCCCCCCC. The van der Waals surface area contributed by atoms with E-state index in [4.69, 9.17) is 14.2 Å². The lowest BCUT2D eigenvalue weighted by atomic mass is 10.1. The molecule has 0 N–H and O–H groups in total. The fourth-order valence-electron chi connectivity index (χ4n) is 8.09. The summed E-state index contributed by atoms with van der Waals surface area (Å²) >= 11 is 0. The average molecular weight is 950 g/mol. The van der Waals surface area contributed by atoms with Gasteiger partial charge in [-0.25, -0.2) is 0 Å². The molecule has 0 rings (SSSR count). The number of hydrogen-bond donors (Lipinski definition) is 0. The van der Waals surface area contributed by atoms with Gasteiger partial charge in [-0.2, -0.15) is 0 Å². The molecule has 0 saturated carbocycles. The zero-order valence-corrected chi connectivity index (χ0v) is 44.9. The van der Waals surface area contributed by atoms with Gasteiger partial charge in [0.05, 0.1) is 0 Å². The van der Waals surface area contributed by atoms with Crippen molar-refractivity contribution in [2.24, 2.45) is 0 Å². The first-order valence-electron chi connectivity index (χ1n) is 29.0. The highest BCUT2D eigenvalue weighted by Gasteiger charge is 2.19. The minimum absolute atomic E-state index is 0.0939.